The van der Waals surface area contributed by atoms with Crippen LogP contribution in [0.1, 0.15) is 34.5 Å². The molecule has 142 valence electrons. The van der Waals surface area contributed by atoms with Crippen molar-refractivity contribution in [2.75, 3.05) is 19.9 Å². The molecule has 1 aromatic heterocycles. The number of hydrogen-bond donors (Lipinski definition) is 1. The molecule has 1 N–H and O–H groups in total. The molecule has 7 nitrogen and oxygen atoms in total. The summed E-state index contributed by atoms with van der Waals surface area (Å²) >= 11 is 0. The molecule has 2 aromatic rings. The molecule has 27 heavy (non-hydrogen) atoms. The van der Waals surface area contributed by atoms with Gasteiger partial charge in [0.1, 0.15) is 5.76 Å². The van der Waals surface area contributed by atoms with Crippen LogP contribution in [-0.2, 0) is 11.3 Å². The van der Waals surface area contributed by atoms with Gasteiger partial charge in [0.25, 0.3) is 5.91 Å². The molecule has 1 atom stereocenters. The van der Waals surface area contributed by atoms with Crippen LogP contribution in [0.15, 0.2) is 34.9 Å². The van der Waals surface area contributed by atoms with Crippen LogP contribution in [0, 0.1) is 12.8 Å². The van der Waals surface area contributed by atoms with Gasteiger partial charge >= 0.3 is 0 Å². The Morgan fingerprint density at radius 2 is 2.07 bits per heavy atom. The van der Waals surface area contributed by atoms with Gasteiger partial charge in [-0.05, 0) is 43.5 Å². The van der Waals surface area contributed by atoms with Gasteiger partial charge in [-0.2, -0.15) is 0 Å². The Bertz CT molecular complexity index is 860. The highest BCUT2D eigenvalue weighted by Crippen LogP contribution is 2.32. The first-order chi connectivity index (χ1) is 13.1. The fourth-order valence-corrected chi connectivity index (χ4v) is 3.54. The quantitative estimate of drug-likeness (QED) is 0.894. The van der Waals surface area contributed by atoms with Crippen molar-refractivity contribution >= 4 is 11.8 Å². The molecule has 0 spiro atoms. The minimum Gasteiger partial charge on any atom is -0.469 e. The molecule has 2 aliphatic heterocycles. The van der Waals surface area contributed by atoms with E-state index in [4.69, 9.17) is 13.9 Å². The standard InChI is InChI=1S/C20H22N2O5/c1-13-16(6-8-25-13)20(24)22-7-2-3-15(11-22)19(23)21-10-14-4-5-17-18(9-14)27-12-26-17/h4-6,8-9,15H,2-3,7,10-12H2,1H3,(H,21,23)/t15-/m1/s1. The average Bonchev–Trinajstić information content (AvgIpc) is 3.33. The summed E-state index contributed by atoms with van der Waals surface area (Å²) in [4.78, 5) is 27.0. The number of ether oxygens (including phenoxy) is 2. The molecule has 2 amide bonds. The number of piperidine rings is 1. The fourth-order valence-electron chi connectivity index (χ4n) is 3.54. The van der Waals surface area contributed by atoms with E-state index >= 15 is 0 Å². The molecular weight excluding hydrogens is 348 g/mol. The van der Waals surface area contributed by atoms with E-state index in [0.29, 0.717) is 36.7 Å². The second kappa shape index (κ2) is 7.34. The lowest BCUT2D eigenvalue weighted by atomic mass is 9.96. The number of rotatable bonds is 4. The second-order valence-electron chi connectivity index (χ2n) is 6.89. The summed E-state index contributed by atoms with van der Waals surface area (Å²) in [5, 5.41) is 2.97. The van der Waals surface area contributed by atoms with Gasteiger partial charge in [-0.25, -0.2) is 0 Å². The number of furan rings is 1. The smallest absolute Gasteiger partial charge is 0.257 e. The summed E-state index contributed by atoms with van der Waals surface area (Å²) in [5.41, 5.74) is 1.52. The zero-order chi connectivity index (χ0) is 18.8. The third-order valence-corrected chi connectivity index (χ3v) is 5.07. The molecule has 1 saturated heterocycles. The van der Waals surface area contributed by atoms with E-state index in [1.165, 1.54) is 6.26 Å². The van der Waals surface area contributed by atoms with E-state index in [1.807, 2.05) is 18.2 Å². The number of carbonyl (C=O) groups is 2. The molecule has 0 aliphatic carbocycles. The summed E-state index contributed by atoms with van der Waals surface area (Å²) in [6.45, 7) is 3.51. The van der Waals surface area contributed by atoms with Gasteiger partial charge in [-0.15, -0.1) is 0 Å². The molecule has 0 unspecified atom stereocenters. The van der Waals surface area contributed by atoms with Crippen LogP contribution >= 0.6 is 0 Å². The van der Waals surface area contributed by atoms with Gasteiger partial charge in [-0.3, -0.25) is 9.59 Å². The zero-order valence-corrected chi connectivity index (χ0v) is 15.2. The van der Waals surface area contributed by atoms with Gasteiger partial charge in [0.05, 0.1) is 17.7 Å². The van der Waals surface area contributed by atoms with Gasteiger partial charge in [-0.1, -0.05) is 6.07 Å². The molecule has 0 radical (unpaired) electrons. The van der Waals surface area contributed by atoms with Crippen LogP contribution in [0.2, 0.25) is 0 Å². The molecule has 4 rings (SSSR count). The molecule has 1 fully saturated rings. The van der Waals surface area contributed by atoms with Crippen molar-refractivity contribution < 1.29 is 23.5 Å². The Morgan fingerprint density at radius 1 is 1.22 bits per heavy atom. The maximum Gasteiger partial charge on any atom is 0.257 e. The molecule has 7 heteroatoms. The maximum atomic E-state index is 12.6. The largest absolute Gasteiger partial charge is 0.469 e. The minimum atomic E-state index is -0.205. The number of carbonyl (C=O) groups excluding carboxylic acids is 2. The van der Waals surface area contributed by atoms with E-state index in [1.54, 1.807) is 17.9 Å². The van der Waals surface area contributed by atoms with E-state index in [2.05, 4.69) is 5.32 Å². The number of likely N-dealkylation sites (tertiary alicyclic amines) is 1. The predicted octanol–water partition coefficient (Wildman–Crippen LogP) is 2.49. The highest BCUT2D eigenvalue weighted by Gasteiger charge is 2.30. The number of amides is 2. The van der Waals surface area contributed by atoms with Crippen molar-refractivity contribution in [2.24, 2.45) is 5.92 Å². The first-order valence-electron chi connectivity index (χ1n) is 9.11. The van der Waals surface area contributed by atoms with Crippen molar-refractivity contribution in [3.63, 3.8) is 0 Å². The van der Waals surface area contributed by atoms with Crippen molar-refractivity contribution in [1.82, 2.24) is 10.2 Å². The number of fused-ring (bicyclic) bond motifs is 1. The summed E-state index contributed by atoms with van der Waals surface area (Å²) in [5.74, 6) is 1.72. The topological polar surface area (TPSA) is 81.0 Å². The first-order valence-corrected chi connectivity index (χ1v) is 9.11. The van der Waals surface area contributed by atoms with Crippen LogP contribution in [0.5, 0.6) is 11.5 Å². The Morgan fingerprint density at radius 3 is 2.89 bits per heavy atom. The van der Waals surface area contributed by atoms with Crippen molar-refractivity contribution in [2.45, 2.75) is 26.3 Å². The van der Waals surface area contributed by atoms with E-state index in [9.17, 15) is 9.59 Å². The minimum absolute atomic E-state index is 0.0333. The summed E-state index contributed by atoms with van der Waals surface area (Å²) in [6.07, 6.45) is 3.11. The Balaban J connectivity index is 1.34. The average molecular weight is 370 g/mol. The highest BCUT2D eigenvalue weighted by molar-refractivity contribution is 5.95. The Kier molecular flexibility index (Phi) is 4.75. The van der Waals surface area contributed by atoms with Gasteiger partial charge < -0.3 is 24.1 Å². The SMILES string of the molecule is Cc1occc1C(=O)N1CCC[C@@H](C(=O)NCc2ccc3c(c2)OCO3)C1. The van der Waals surface area contributed by atoms with Crippen LogP contribution < -0.4 is 14.8 Å². The normalized spacial score (nSPS) is 18.4. The fraction of sp³-hybridized carbons (Fsp3) is 0.400. The second-order valence-corrected chi connectivity index (χ2v) is 6.89. The van der Waals surface area contributed by atoms with Gasteiger partial charge in [0, 0.05) is 19.6 Å². The monoisotopic (exact) mass is 370 g/mol. The zero-order valence-electron chi connectivity index (χ0n) is 15.2. The van der Waals surface area contributed by atoms with Crippen LogP contribution in [0.25, 0.3) is 0 Å². The van der Waals surface area contributed by atoms with Crippen molar-refractivity contribution in [3.8, 4) is 11.5 Å². The number of benzene rings is 1. The number of nitrogens with one attached hydrogen (secondary N) is 1. The molecule has 1 aromatic carbocycles. The van der Waals surface area contributed by atoms with Crippen molar-refractivity contribution in [1.29, 1.82) is 0 Å². The number of aryl methyl sites for hydroxylation is 1. The Hall–Kier alpha value is -2.96. The lowest BCUT2D eigenvalue weighted by molar-refractivity contribution is -0.126. The molecule has 0 saturated carbocycles. The third-order valence-electron chi connectivity index (χ3n) is 5.07. The maximum absolute atomic E-state index is 12.6. The predicted molar refractivity (Wildman–Crippen MR) is 96.5 cm³/mol. The summed E-state index contributed by atoms with van der Waals surface area (Å²) < 4.78 is 15.9. The van der Waals surface area contributed by atoms with E-state index in [-0.39, 0.29) is 24.5 Å². The lowest BCUT2D eigenvalue weighted by Gasteiger charge is -2.32. The summed E-state index contributed by atoms with van der Waals surface area (Å²) in [7, 11) is 0. The van der Waals surface area contributed by atoms with Crippen LogP contribution in [-0.4, -0.2) is 36.6 Å². The number of hydrogen-bond acceptors (Lipinski definition) is 5. The molecule has 3 heterocycles. The molecular formula is C20H22N2O5. The van der Waals surface area contributed by atoms with Crippen molar-refractivity contribution in [3.05, 3.63) is 47.4 Å². The van der Waals surface area contributed by atoms with Gasteiger partial charge in [0.15, 0.2) is 11.5 Å². The van der Waals surface area contributed by atoms with E-state index in [0.717, 1.165) is 24.2 Å². The van der Waals surface area contributed by atoms with Gasteiger partial charge in [0.2, 0.25) is 12.7 Å². The Labute approximate surface area is 157 Å². The lowest BCUT2D eigenvalue weighted by Crippen LogP contribution is -2.45. The third kappa shape index (κ3) is 3.63. The number of nitrogens with zero attached hydrogens (tertiary/aromatic N) is 1. The molecule has 0 bridgehead atoms. The summed E-state index contributed by atoms with van der Waals surface area (Å²) in [6, 6.07) is 7.31. The van der Waals surface area contributed by atoms with E-state index < -0.39 is 0 Å². The molecule has 2 aliphatic rings. The van der Waals surface area contributed by atoms with Crippen LogP contribution in [0.3, 0.4) is 0 Å². The first kappa shape index (κ1) is 17.5. The highest BCUT2D eigenvalue weighted by atomic mass is 16.7. The van der Waals surface area contributed by atoms with Crippen LogP contribution in [0.4, 0.5) is 0 Å².